The summed E-state index contributed by atoms with van der Waals surface area (Å²) in [5, 5.41) is 30.0. The quantitative estimate of drug-likeness (QED) is 0.0471. The molecule has 0 saturated carbocycles. The molecule has 5 heterocycles. The number of aromatic nitrogens is 6. The maximum absolute atomic E-state index is 13.4. The highest BCUT2D eigenvalue weighted by molar-refractivity contribution is 7.80. The molecular formula is C27H32N12O8S2. The van der Waals surface area contributed by atoms with E-state index in [0.29, 0.717) is 16.9 Å². The summed E-state index contributed by atoms with van der Waals surface area (Å²) in [6.45, 7) is 4.60. The van der Waals surface area contributed by atoms with E-state index in [1.165, 1.54) is 19.2 Å². The SMILES string of the molecule is CC1(C)[C@H](NC(=O)/C(=N\O[C@H](COc2ccc3nc(NC4CCNCC4)ccc3c2)c2nn[nH]n2)c2csc(N)n2)C(=O)N1OS(=O)(=O)O. The van der Waals surface area contributed by atoms with Crippen LogP contribution < -0.4 is 26.4 Å². The highest BCUT2D eigenvalue weighted by Crippen LogP contribution is 2.33. The fraction of sp³-hybridized carbons (Fsp3) is 0.407. The van der Waals surface area contributed by atoms with Crippen LogP contribution in [0.5, 0.6) is 5.75 Å². The number of piperidine rings is 1. The Labute approximate surface area is 282 Å². The van der Waals surface area contributed by atoms with E-state index in [-0.39, 0.29) is 29.0 Å². The number of aromatic amines is 1. The fourth-order valence-electron chi connectivity index (χ4n) is 5.22. The molecule has 20 nitrogen and oxygen atoms in total. The largest absolute Gasteiger partial charge is 0.489 e. The van der Waals surface area contributed by atoms with Crippen molar-refractivity contribution >= 4 is 61.1 Å². The number of anilines is 2. The number of thiazole rings is 1. The summed E-state index contributed by atoms with van der Waals surface area (Å²) in [6.07, 6.45) is 0.968. The Bertz CT molecular complexity index is 1960. The second-order valence-electron chi connectivity index (χ2n) is 11.6. The molecule has 22 heteroatoms. The first-order valence-electron chi connectivity index (χ1n) is 14.9. The number of tetrazole rings is 1. The summed E-state index contributed by atoms with van der Waals surface area (Å²) in [5.74, 6) is -0.501. The molecule has 1 aromatic carbocycles. The zero-order chi connectivity index (χ0) is 34.8. The van der Waals surface area contributed by atoms with Crippen LogP contribution in [-0.4, -0.2) is 103 Å². The van der Waals surface area contributed by atoms with Gasteiger partial charge in [0.05, 0.1) is 11.1 Å². The maximum atomic E-state index is 13.4. The lowest BCUT2D eigenvalue weighted by molar-refractivity contribution is -0.218. The minimum Gasteiger partial charge on any atom is -0.489 e. The first-order valence-corrected chi connectivity index (χ1v) is 17.1. The number of nitrogens with zero attached hydrogens (tertiary/aromatic N) is 7. The molecular weight excluding hydrogens is 685 g/mol. The van der Waals surface area contributed by atoms with Gasteiger partial charge in [-0.25, -0.2) is 9.97 Å². The van der Waals surface area contributed by atoms with Crippen molar-refractivity contribution in [3.63, 3.8) is 0 Å². The number of carbonyl (C=O) groups excluding carboxylic acids is 2. The van der Waals surface area contributed by atoms with Crippen LogP contribution in [0.2, 0.25) is 0 Å². The number of hydrogen-bond acceptors (Lipinski definition) is 17. The topological polar surface area (TPSA) is 274 Å². The molecule has 2 aliphatic heterocycles. The zero-order valence-corrected chi connectivity index (χ0v) is 27.7. The number of β-lactam (4-membered cyclic amide) rings is 1. The standard InChI is InChI=1S/C27H32N12O8S2/c1-27(2)22(25(41)39(27)47-49(42,43)44)33-24(40)21(18-13-48-26(28)32-18)36-46-19(23-34-37-38-35-23)12-45-16-4-5-17-14(11-16)3-6-20(31-17)30-15-7-9-29-10-8-15/h3-6,11,13,15,19,22,29H,7-10,12H2,1-2H3,(H2,28,32)(H,30,31)(H,33,40)(H,42,43,44)(H,34,35,37,38)/b36-21-/t19-,22-/m1/s1. The predicted molar refractivity (Wildman–Crippen MR) is 173 cm³/mol. The number of carbonyl (C=O) groups is 2. The zero-order valence-electron chi connectivity index (χ0n) is 26.1. The van der Waals surface area contributed by atoms with Gasteiger partial charge in [-0.15, -0.1) is 25.8 Å². The van der Waals surface area contributed by atoms with Gasteiger partial charge in [0.15, 0.2) is 10.8 Å². The molecule has 4 aromatic rings. The lowest BCUT2D eigenvalue weighted by Gasteiger charge is -2.50. The summed E-state index contributed by atoms with van der Waals surface area (Å²) >= 11 is 1.03. The summed E-state index contributed by atoms with van der Waals surface area (Å²) in [4.78, 5) is 40.6. The van der Waals surface area contributed by atoms with Gasteiger partial charge in [-0.2, -0.15) is 18.7 Å². The Hall–Kier alpha value is -5.03. The van der Waals surface area contributed by atoms with Crippen molar-refractivity contribution in [3.8, 4) is 5.75 Å². The van der Waals surface area contributed by atoms with Crippen LogP contribution in [0.15, 0.2) is 40.9 Å². The second kappa shape index (κ2) is 13.8. The van der Waals surface area contributed by atoms with Crippen LogP contribution in [0.1, 0.15) is 44.3 Å². The van der Waals surface area contributed by atoms with Crippen LogP contribution in [0.4, 0.5) is 10.9 Å². The van der Waals surface area contributed by atoms with Crippen molar-refractivity contribution in [1.82, 2.24) is 46.3 Å². The maximum Gasteiger partial charge on any atom is 0.418 e. The average molecular weight is 717 g/mol. The van der Waals surface area contributed by atoms with Crippen LogP contribution >= 0.6 is 11.3 Å². The lowest BCUT2D eigenvalue weighted by Crippen LogP contribution is -2.76. The van der Waals surface area contributed by atoms with Crippen molar-refractivity contribution in [2.24, 2.45) is 5.16 Å². The number of ether oxygens (including phenoxy) is 1. The van der Waals surface area contributed by atoms with E-state index in [4.69, 9.17) is 24.8 Å². The number of fused-ring (bicyclic) bond motifs is 1. The van der Waals surface area contributed by atoms with Gasteiger partial charge in [0, 0.05) is 16.8 Å². The average Bonchev–Trinajstić information content (AvgIpc) is 3.76. The number of amides is 2. The Morgan fingerprint density at radius 2 is 2.04 bits per heavy atom. The van der Waals surface area contributed by atoms with Crippen LogP contribution in [0, 0.1) is 0 Å². The molecule has 2 saturated heterocycles. The van der Waals surface area contributed by atoms with Crippen molar-refractivity contribution in [2.75, 3.05) is 30.7 Å². The first-order chi connectivity index (χ1) is 23.4. The van der Waals surface area contributed by atoms with E-state index in [9.17, 15) is 18.0 Å². The molecule has 2 fully saturated rings. The second-order valence-corrected chi connectivity index (χ2v) is 13.5. The Morgan fingerprint density at radius 1 is 1.24 bits per heavy atom. The van der Waals surface area contributed by atoms with Gasteiger partial charge < -0.3 is 31.3 Å². The Kier molecular flexibility index (Phi) is 9.56. The van der Waals surface area contributed by atoms with E-state index in [2.05, 4.69) is 51.0 Å². The minimum atomic E-state index is -4.99. The third kappa shape index (κ3) is 7.83. The van der Waals surface area contributed by atoms with E-state index >= 15 is 0 Å². The van der Waals surface area contributed by atoms with Gasteiger partial charge in [0.1, 0.15) is 29.9 Å². The van der Waals surface area contributed by atoms with Gasteiger partial charge in [0.25, 0.3) is 11.8 Å². The predicted octanol–water partition coefficient (Wildman–Crippen LogP) is 0.332. The van der Waals surface area contributed by atoms with Crippen molar-refractivity contribution in [2.45, 2.75) is 50.4 Å². The highest BCUT2D eigenvalue weighted by atomic mass is 32.3. The van der Waals surface area contributed by atoms with Gasteiger partial charge in [0.2, 0.25) is 11.9 Å². The fourth-order valence-corrected chi connectivity index (χ4v) is 6.22. The molecule has 260 valence electrons. The van der Waals surface area contributed by atoms with Gasteiger partial charge in [-0.3, -0.25) is 14.1 Å². The third-order valence-electron chi connectivity index (χ3n) is 7.77. The molecule has 0 aliphatic carbocycles. The number of H-pyrrole nitrogens is 1. The van der Waals surface area contributed by atoms with E-state index < -0.39 is 39.9 Å². The van der Waals surface area contributed by atoms with Crippen LogP contribution in [-0.2, 0) is 29.1 Å². The van der Waals surface area contributed by atoms with Crippen molar-refractivity contribution in [3.05, 3.63) is 47.2 Å². The molecule has 2 atom stereocenters. The van der Waals surface area contributed by atoms with Gasteiger partial charge in [-0.05, 0) is 70.1 Å². The highest BCUT2D eigenvalue weighted by Gasteiger charge is 2.58. The lowest BCUT2D eigenvalue weighted by atomic mass is 9.84. The molecule has 2 amide bonds. The summed E-state index contributed by atoms with van der Waals surface area (Å²) in [6, 6.07) is 8.37. The summed E-state index contributed by atoms with van der Waals surface area (Å²) in [5.41, 5.74) is 4.85. The number of nitrogens with one attached hydrogen (secondary N) is 4. The molecule has 7 N–H and O–H groups in total. The van der Waals surface area contributed by atoms with E-state index in [1.54, 1.807) is 6.07 Å². The number of hydroxylamine groups is 2. The monoisotopic (exact) mass is 716 g/mol. The number of oxime groups is 1. The Balaban J connectivity index is 1.17. The van der Waals surface area contributed by atoms with Crippen LogP contribution in [0.25, 0.3) is 10.9 Å². The molecule has 49 heavy (non-hydrogen) atoms. The molecule has 0 spiro atoms. The molecule has 6 rings (SSSR count). The number of hydrogen-bond donors (Lipinski definition) is 6. The minimum absolute atomic E-state index is 0.0273. The summed E-state index contributed by atoms with van der Waals surface area (Å²) in [7, 11) is -4.99. The first kappa shape index (κ1) is 33.9. The molecule has 2 aliphatic rings. The molecule has 3 aromatic heterocycles. The third-order valence-corrected chi connectivity index (χ3v) is 8.79. The van der Waals surface area contributed by atoms with Crippen LogP contribution in [0.3, 0.4) is 0 Å². The van der Waals surface area contributed by atoms with Gasteiger partial charge >= 0.3 is 10.4 Å². The van der Waals surface area contributed by atoms with Crippen molar-refractivity contribution in [1.29, 1.82) is 0 Å². The smallest absolute Gasteiger partial charge is 0.418 e. The molecule has 0 bridgehead atoms. The normalized spacial score (nSPS) is 18.9. The molecule has 0 unspecified atom stereocenters. The summed E-state index contributed by atoms with van der Waals surface area (Å²) < 4.78 is 41.7. The number of nitrogens with two attached hydrogens (primary N) is 1. The number of nitrogen functional groups attached to an aromatic ring is 1. The van der Waals surface area contributed by atoms with E-state index in [0.717, 1.165) is 54.0 Å². The Morgan fingerprint density at radius 3 is 2.71 bits per heavy atom. The number of pyridine rings is 1. The van der Waals surface area contributed by atoms with E-state index in [1.807, 2.05) is 24.3 Å². The number of rotatable bonds is 13. The number of benzene rings is 1. The molecule has 0 radical (unpaired) electrons. The van der Waals surface area contributed by atoms with Gasteiger partial charge in [-0.1, -0.05) is 10.4 Å². The van der Waals surface area contributed by atoms with Crippen molar-refractivity contribution < 1.29 is 36.4 Å².